The summed E-state index contributed by atoms with van der Waals surface area (Å²) in [5, 5.41) is 12.3. The van der Waals surface area contributed by atoms with E-state index >= 15 is 0 Å². The Morgan fingerprint density at radius 1 is 1.00 bits per heavy atom. The summed E-state index contributed by atoms with van der Waals surface area (Å²) in [4.78, 5) is 39.6. The van der Waals surface area contributed by atoms with Crippen LogP contribution in [-0.4, -0.2) is 52.7 Å². The first-order valence-corrected chi connectivity index (χ1v) is 12.6. The Morgan fingerprint density at radius 2 is 1.57 bits per heavy atom. The van der Waals surface area contributed by atoms with Crippen LogP contribution in [0.3, 0.4) is 0 Å². The smallest absolute Gasteiger partial charge is 0.407 e. The molecule has 3 atom stereocenters. The van der Waals surface area contributed by atoms with E-state index in [4.69, 9.17) is 4.74 Å². The molecule has 0 saturated carbocycles. The van der Waals surface area contributed by atoms with E-state index < -0.39 is 24.0 Å². The van der Waals surface area contributed by atoms with Crippen molar-refractivity contribution in [1.82, 2.24) is 10.2 Å². The van der Waals surface area contributed by atoms with E-state index in [1.165, 1.54) is 0 Å². The summed E-state index contributed by atoms with van der Waals surface area (Å²) in [7, 11) is 0. The molecule has 2 amide bonds. The summed E-state index contributed by atoms with van der Waals surface area (Å²) in [6, 6.07) is 15.5. The van der Waals surface area contributed by atoms with Crippen LogP contribution in [0.1, 0.15) is 62.5 Å². The van der Waals surface area contributed by atoms with Crippen molar-refractivity contribution in [2.24, 2.45) is 5.92 Å². The van der Waals surface area contributed by atoms with Crippen molar-refractivity contribution in [3.63, 3.8) is 0 Å². The molecule has 2 aliphatic heterocycles. The molecular formula is C28H32N2O5. The van der Waals surface area contributed by atoms with Crippen LogP contribution in [0.15, 0.2) is 48.5 Å². The molecule has 35 heavy (non-hydrogen) atoms. The molecule has 2 aromatic carbocycles. The largest absolute Gasteiger partial charge is 0.481 e. The molecule has 2 unspecified atom stereocenters. The van der Waals surface area contributed by atoms with Gasteiger partial charge in [0.25, 0.3) is 0 Å². The molecule has 0 radical (unpaired) electrons. The number of nitrogens with one attached hydrogen (secondary N) is 1. The second-order valence-electron chi connectivity index (χ2n) is 9.95. The summed E-state index contributed by atoms with van der Waals surface area (Å²) in [5.74, 6) is -1.33. The lowest BCUT2D eigenvalue weighted by molar-refractivity contribution is -0.149. The number of hydrogen-bond acceptors (Lipinski definition) is 4. The van der Waals surface area contributed by atoms with Gasteiger partial charge in [-0.2, -0.15) is 0 Å². The van der Waals surface area contributed by atoms with Gasteiger partial charge in [-0.3, -0.25) is 9.59 Å². The minimum absolute atomic E-state index is 0.0423. The van der Waals surface area contributed by atoms with Gasteiger partial charge in [-0.15, -0.1) is 0 Å². The molecule has 7 nitrogen and oxygen atoms in total. The van der Waals surface area contributed by atoms with Gasteiger partial charge >= 0.3 is 12.1 Å². The minimum atomic E-state index is -0.782. The molecule has 184 valence electrons. The fourth-order valence-corrected chi connectivity index (χ4v) is 6.25. The zero-order valence-corrected chi connectivity index (χ0v) is 20.0. The van der Waals surface area contributed by atoms with E-state index in [1.807, 2.05) is 36.1 Å². The van der Waals surface area contributed by atoms with Crippen LogP contribution >= 0.6 is 0 Å². The zero-order chi connectivity index (χ0) is 24.5. The molecule has 7 heteroatoms. The molecule has 2 fully saturated rings. The van der Waals surface area contributed by atoms with E-state index in [0.717, 1.165) is 41.5 Å². The quantitative estimate of drug-likeness (QED) is 0.611. The number of benzene rings is 2. The highest BCUT2D eigenvalue weighted by atomic mass is 16.5. The van der Waals surface area contributed by atoms with Crippen molar-refractivity contribution in [2.45, 2.75) is 69.5 Å². The van der Waals surface area contributed by atoms with Crippen molar-refractivity contribution < 1.29 is 24.2 Å². The first-order valence-electron chi connectivity index (χ1n) is 12.6. The number of nitrogens with zero attached hydrogens (tertiary/aromatic N) is 1. The third-order valence-electron chi connectivity index (χ3n) is 7.85. The third kappa shape index (κ3) is 4.40. The predicted octanol–water partition coefficient (Wildman–Crippen LogP) is 4.55. The number of piperidine rings is 1. The van der Waals surface area contributed by atoms with E-state index in [9.17, 15) is 19.5 Å². The van der Waals surface area contributed by atoms with E-state index in [0.29, 0.717) is 19.3 Å². The number of alkyl carbamates (subject to hydrolysis) is 1. The molecule has 2 heterocycles. The fourth-order valence-electron chi connectivity index (χ4n) is 6.25. The Balaban J connectivity index is 1.24. The number of carbonyl (C=O) groups is 3. The van der Waals surface area contributed by atoms with Crippen LogP contribution in [0, 0.1) is 5.92 Å². The first kappa shape index (κ1) is 23.4. The average molecular weight is 477 g/mol. The number of carbonyl (C=O) groups excluding carboxylic acids is 2. The summed E-state index contributed by atoms with van der Waals surface area (Å²) < 4.78 is 5.67. The Morgan fingerprint density at radius 3 is 2.11 bits per heavy atom. The molecule has 5 rings (SSSR count). The summed E-state index contributed by atoms with van der Waals surface area (Å²) >= 11 is 0. The van der Waals surface area contributed by atoms with Crippen LogP contribution in [0.5, 0.6) is 0 Å². The Kier molecular flexibility index (Phi) is 6.50. The average Bonchev–Trinajstić information content (AvgIpc) is 3.32. The van der Waals surface area contributed by atoms with E-state index in [2.05, 4.69) is 29.6 Å². The lowest BCUT2D eigenvalue weighted by Crippen LogP contribution is -2.55. The van der Waals surface area contributed by atoms with Crippen LogP contribution < -0.4 is 5.32 Å². The first-order chi connectivity index (χ1) is 17.0. The predicted molar refractivity (Wildman–Crippen MR) is 131 cm³/mol. The number of carboxylic acid groups (broad SMARTS) is 1. The van der Waals surface area contributed by atoms with Gasteiger partial charge in [0, 0.05) is 18.0 Å². The molecule has 0 spiro atoms. The lowest BCUT2D eigenvalue weighted by Gasteiger charge is -2.39. The number of rotatable bonds is 7. The highest BCUT2D eigenvalue weighted by Gasteiger charge is 2.46. The summed E-state index contributed by atoms with van der Waals surface area (Å²) in [6.07, 6.45) is 3.28. The van der Waals surface area contributed by atoms with Gasteiger partial charge in [0.1, 0.15) is 12.6 Å². The number of hydrogen-bond donors (Lipinski definition) is 2. The number of fused-ring (bicyclic) bond motifs is 5. The molecule has 2 aromatic rings. The molecule has 1 aliphatic carbocycles. The highest BCUT2D eigenvalue weighted by molar-refractivity contribution is 5.87. The highest BCUT2D eigenvalue weighted by Crippen LogP contribution is 2.44. The van der Waals surface area contributed by atoms with Crippen molar-refractivity contribution in [1.29, 1.82) is 0 Å². The van der Waals surface area contributed by atoms with Crippen LogP contribution in [-0.2, 0) is 14.3 Å². The summed E-state index contributed by atoms with van der Waals surface area (Å²) in [6.45, 7) is 2.17. The molecule has 2 bridgehead atoms. The molecular weight excluding hydrogens is 444 g/mol. The maximum Gasteiger partial charge on any atom is 0.407 e. The molecule has 2 N–H and O–H groups in total. The van der Waals surface area contributed by atoms with Gasteiger partial charge in [0.15, 0.2) is 0 Å². The maximum atomic E-state index is 13.5. The third-order valence-corrected chi connectivity index (χ3v) is 7.85. The standard InChI is InChI=1S/C28H32N2O5/c1-2-7-25(26(31)30-18-12-13-19(30)15-17(14-18)27(32)33)29-28(34)35-16-24-22-10-5-3-8-20(22)21-9-4-6-11-23(21)24/h3-6,8-11,17-19,24-25H,2,7,12-16H2,1H3,(H,29,34)(H,32,33)/t17?,18?,19?,25-/m1/s1. The number of aliphatic carboxylic acids is 1. The minimum Gasteiger partial charge on any atom is -0.481 e. The second kappa shape index (κ2) is 9.72. The van der Waals surface area contributed by atoms with Crippen molar-refractivity contribution in [3.8, 4) is 11.1 Å². The number of amides is 2. The maximum absolute atomic E-state index is 13.5. The van der Waals surface area contributed by atoms with Crippen LogP contribution in [0.2, 0.25) is 0 Å². The van der Waals surface area contributed by atoms with E-state index in [-0.39, 0.29) is 30.5 Å². The molecule has 0 aromatic heterocycles. The van der Waals surface area contributed by atoms with Crippen LogP contribution in [0.4, 0.5) is 4.79 Å². The summed E-state index contributed by atoms with van der Waals surface area (Å²) in [5.41, 5.74) is 4.61. The van der Waals surface area contributed by atoms with Gasteiger partial charge in [-0.1, -0.05) is 61.9 Å². The Labute approximate surface area is 205 Å². The van der Waals surface area contributed by atoms with Gasteiger partial charge in [0.2, 0.25) is 5.91 Å². The SMILES string of the molecule is CCC[C@@H](NC(=O)OCC1c2ccccc2-c2ccccc21)C(=O)N1C2CCC1CC(C(=O)O)C2. The fraction of sp³-hybridized carbons (Fsp3) is 0.464. The molecule has 3 aliphatic rings. The second-order valence-corrected chi connectivity index (χ2v) is 9.95. The van der Waals surface area contributed by atoms with Gasteiger partial charge in [-0.25, -0.2) is 4.79 Å². The Hall–Kier alpha value is -3.35. The van der Waals surface area contributed by atoms with Crippen molar-refractivity contribution in [3.05, 3.63) is 59.7 Å². The van der Waals surface area contributed by atoms with Gasteiger partial charge < -0.3 is 20.1 Å². The van der Waals surface area contributed by atoms with Gasteiger partial charge in [-0.05, 0) is 54.4 Å². The number of carboxylic acids is 1. The van der Waals surface area contributed by atoms with Crippen molar-refractivity contribution >= 4 is 18.0 Å². The Bertz CT molecular complexity index is 1070. The monoisotopic (exact) mass is 476 g/mol. The van der Waals surface area contributed by atoms with Gasteiger partial charge in [0.05, 0.1) is 5.92 Å². The normalized spacial score (nSPS) is 23.3. The van der Waals surface area contributed by atoms with Crippen LogP contribution in [0.25, 0.3) is 11.1 Å². The topological polar surface area (TPSA) is 95.9 Å². The number of ether oxygens (including phenoxy) is 1. The molecule has 2 saturated heterocycles. The van der Waals surface area contributed by atoms with Crippen molar-refractivity contribution in [2.75, 3.05) is 6.61 Å². The lowest BCUT2D eigenvalue weighted by atomic mass is 9.90. The zero-order valence-electron chi connectivity index (χ0n) is 20.0. The van der Waals surface area contributed by atoms with E-state index in [1.54, 1.807) is 0 Å².